The van der Waals surface area contributed by atoms with Gasteiger partial charge in [-0.15, -0.1) is 0 Å². The van der Waals surface area contributed by atoms with E-state index in [1.807, 2.05) is 4.90 Å². The molecular formula is C11H20FN3O. The molecule has 1 amide bonds. The van der Waals surface area contributed by atoms with Crippen molar-refractivity contribution < 1.29 is 9.18 Å². The molecule has 4 nitrogen and oxygen atoms in total. The Balaban J connectivity index is 1.77. The van der Waals surface area contributed by atoms with E-state index >= 15 is 0 Å². The van der Waals surface area contributed by atoms with E-state index in [0.717, 1.165) is 45.7 Å². The van der Waals surface area contributed by atoms with Crippen molar-refractivity contribution in [2.24, 2.45) is 5.92 Å². The van der Waals surface area contributed by atoms with Crippen LogP contribution >= 0.6 is 0 Å². The van der Waals surface area contributed by atoms with Gasteiger partial charge in [0.05, 0.1) is 5.92 Å². The zero-order valence-electron chi connectivity index (χ0n) is 9.62. The maximum absolute atomic E-state index is 12.1. The summed E-state index contributed by atoms with van der Waals surface area (Å²) in [6, 6.07) is 0. The van der Waals surface area contributed by atoms with Gasteiger partial charge in [-0.05, 0) is 13.0 Å². The van der Waals surface area contributed by atoms with Gasteiger partial charge in [0.25, 0.3) is 0 Å². The van der Waals surface area contributed by atoms with Crippen LogP contribution < -0.4 is 5.32 Å². The molecule has 92 valence electrons. The van der Waals surface area contributed by atoms with E-state index in [0.29, 0.717) is 6.54 Å². The van der Waals surface area contributed by atoms with E-state index < -0.39 is 0 Å². The molecule has 0 aromatic rings. The number of nitrogens with zero attached hydrogens (tertiary/aromatic N) is 2. The lowest BCUT2D eigenvalue weighted by atomic mass is 10.1. The van der Waals surface area contributed by atoms with Crippen molar-refractivity contribution in [3.63, 3.8) is 0 Å². The van der Waals surface area contributed by atoms with E-state index in [1.165, 1.54) is 0 Å². The third kappa shape index (κ3) is 2.71. The van der Waals surface area contributed by atoms with Crippen LogP contribution in [0.2, 0.25) is 0 Å². The molecule has 0 aromatic heterocycles. The maximum Gasteiger partial charge on any atom is 0.227 e. The second-order valence-electron chi connectivity index (χ2n) is 4.55. The van der Waals surface area contributed by atoms with Gasteiger partial charge in [-0.1, -0.05) is 0 Å². The number of hydrogen-bond acceptors (Lipinski definition) is 3. The first-order chi connectivity index (χ1) is 7.81. The van der Waals surface area contributed by atoms with Crippen molar-refractivity contribution in [2.45, 2.75) is 6.42 Å². The molecule has 0 aromatic carbocycles. The third-order valence-electron chi connectivity index (χ3n) is 3.49. The Labute approximate surface area is 95.8 Å². The molecule has 1 N–H and O–H groups in total. The molecule has 16 heavy (non-hydrogen) atoms. The predicted molar refractivity (Wildman–Crippen MR) is 60.0 cm³/mol. The lowest BCUT2D eigenvalue weighted by Crippen LogP contribution is -2.50. The van der Waals surface area contributed by atoms with Gasteiger partial charge in [0.15, 0.2) is 0 Å². The van der Waals surface area contributed by atoms with E-state index in [-0.39, 0.29) is 18.5 Å². The van der Waals surface area contributed by atoms with Gasteiger partial charge in [-0.3, -0.25) is 9.69 Å². The number of piperazine rings is 1. The Morgan fingerprint density at radius 2 is 2.06 bits per heavy atom. The van der Waals surface area contributed by atoms with Gasteiger partial charge in [0.1, 0.15) is 6.67 Å². The Bertz CT molecular complexity index is 235. The first-order valence-corrected chi connectivity index (χ1v) is 6.09. The van der Waals surface area contributed by atoms with Crippen LogP contribution in [0.1, 0.15) is 6.42 Å². The van der Waals surface area contributed by atoms with Gasteiger partial charge >= 0.3 is 0 Å². The molecule has 2 saturated heterocycles. The Morgan fingerprint density at radius 3 is 2.62 bits per heavy atom. The average Bonchev–Trinajstić information content (AvgIpc) is 2.83. The van der Waals surface area contributed by atoms with Crippen molar-refractivity contribution in [1.82, 2.24) is 15.1 Å². The quantitative estimate of drug-likeness (QED) is 0.722. The smallest absolute Gasteiger partial charge is 0.227 e. The number of carbonyl (C=O) groups excluding carboxylic acids is 1. The molecule has 2 rings (SSSR count). The van der Waals surface area contributed by atoms with Crippen LogP contribution in [0.25, 0.3) is 0 Å². The molecule has 0 aliphatic carbocycles. The number of hydrogen-bond donors (Lipinski definition) is 1. The Morgan fingerprint density at radius 1 is 1.31 bits per heavy atom. The lowest BCUT2D eigenvalue weighted by Gasteiger charge is -2.35. The summed E-state index contributed by atoms with van der Waals surface area (Å²) < 4.78 is 12.1. The summed E-state index contributed by atoms with van der Waals surface area (Å²) in [4.78, 5) is 16.1. The van der Waals surface area contributed by atoms with Crippen molar-refractivity contribution in [1.29, 1.82) is 0 Å². The summed E-state index contributed by atoms with van der Waals surface area (Å²) in [5, 5.41) is 3.21. The van der Waals surface area contributed by atoms with E-state index in [2.05, 4.69) is 10.2 Å². The summed E-state index contributed by atoms with van der Waals surface area (Å²) in [7, 11) is 0. The molecule has 0 saturated carbocycles. The van der Waals surface area contributed by atoms with Gasteiger partial charge in [-0.25, -0.2) is 4.39 Å². The van der Waals surface area contributed by atoms with Gasteiger partial charge < -0.3 is 10.2 Å². The zero-order chi connectivity index (χ0) is 11.4. The van der Waals surface area contributed by atoms with E-state index in [9.17, 15) is 9.18 Å². The topological polar surface area (TPSA) is 35.6 Å². The van der Waals surface area contributed by atoms with Crippen LogP contribution in [-0.2, 0) is 4.79 Å². The highest BCUT2D eigenvalue weighted by Gasteiger charge is 2.29. The molecule has 1 unspecified atom stereocenters. The molecule has 2 heterocycles. The largest absolute Gasteiger partial charge is 0.340 e. The number of nitrogens with one attached hydrogen (secondary N) is 1. The number of halogens is 1. The van der Waals surface area contributed by atoms with E-state index in [4.69, 9.17) is 0 Å². The molecule has 2 aliphatic rings. The summed E-state index contributed by atoms with van der Waals surface area (Å²) >= 11 is 0. The highest BCUT2D eigenvalue weighted by atomic mass is 19.1. The number of carbonyl (C=O) groups is 1. The Kier molecular flexibility index (Phi) is 4.12. The lowest BCUT2D eigenvalue weighted by molar-refractivity contribution is -0.136. The molecule has 0 radical (unpaired) electrons. The molecular weight excluding hydrogens is 209 g/mol. The normalized spacial score (nSPS) is 27.3. The van der Waals surface area contributed by atoms with Crippen molar-refractivity contribution in [3.05, 3.63) is 0 Å². The average molecular weight is 229 g/mol. The van der Waals surface area contributed by atoms with E-state index in [1.54, 1.807) is 0 Å². The van der Waals surface area contributed by atoms with Crippen LogP contribution in [0, 0.1) is 5.92 Å². The predicted octanol–water partition coefficient (Wildman–Crippen LogP) is -0.290. The zero-order valence-corrected chi connectivity index (χ0v) is 9.62. The van der Waals surface area contributed by atoms with Gasteiger partial charge in [-0.2, -0.15) is 0 Å². The first-order valence-electron chi connectivity index (χ1n) is 6.09. The van der Waals surface area contributed by atoms with Crippen molar-refractivity contribution in [3.8, 4) is 0 Å². The summed E-state index contributed by atoms with van der Waals surface area (Å²) in [5.41, 5.74) is 0. The molecule has 0 bridgehead atoms. The fourth-order valence-electron chi connectivity index (χ4n) is 2.44. The number of alkyl halides is 1. The van der Waals surface area contributed by atoms with Crippen LogP contribution in [0.3, 0.4) is 0 Å². The summed E-state index contributed by atoms with van der Waals surface area (Å²) in [6.07, 6.45) is 0.962. The SMILES string of the molecule is O=C(C1CCNC1)N1CCN(CCF)CC1. The molecule has 1 atom stereocenters. The minimum Gasteiger partial charge on any atom is -0.340 e. The third-order valence-corrected chi connectivity index (χ3v) is 3.49. The Hall–Kier alpha value is -0.680. The molecule has 0 spiro atoms. The minimum absolute atomic E-state index is 0.174. The summed E-state index contributed by atoms with van der Waals surface area (Å²) in [5.74, 6) is 0.456. The highest BCUT2D eigenvalue weighted by Crippen LogP contribution is 2.13. The number of amides is 1. The maximum atomic E-state index is 12.1. The monoisotopic (exact) mass is 229 g/mol. The van der Waals surface area contributed by atoms with Crippen LogP contribution in [0.4, 0.5) is 4.39 Å². The van der Waals surface area contributed by atoms with Crippen molar-refractivity contribution in [2.75, 3.05) is 52.5 Å². The number of rotatable bonds is 3. The molecule has 2 fully saturated rings. The second kappa shape index (κ2) is 5.59. The van der Waals surface area contributed by atoms with Gasteiger partial charge in [0.2, 0.25) is 5.91 Å². The van der Waals surface area contributed by atoms with Crippen LogP contribution in [0.15, 0.2) is 0 Å². The fourth-order valence-corrected chi connectivity index (χ4v) is 2.44. The minimum atomic E-state index is -0.291. The highest BCUT2D eigenvalue weighted by molar-refractivity contribution is 5.79. The summed E-state index contributed by atoms with van der Waals surface area (Å²) in [6.45, 7) is 5.14. The van der Waals surface area contributed by atoms with Crippen LogP contribution in [0.5, 0.6) is 0 Å². The first kappa shape index (κ1) is 11.8. The van der Waals surface area contributed by atoms with Gasteiger partial charge in [0, 0.05) is 39.3 Å². The fraction of sp³-hybridized carbons (Fsp3) is 0.909. The molecule has 2 aliphatic heterocycles. The van der Waals surface area contributed by atoms with Crippen LogP contribution in [-0.4, -0.2) is 68.2 Å². The van der Waals surface area contributed by atoms with Crippen molar-refractivity contribution >= 4 is 5.91 Å². The standard InChI is InChI=1S/C11H20FN3O/c12-2-4-14-5-7-15(8-6-14)11(16)10-1-3-13-9-10/h10,13H,1-9H2. The second-order valence-corrected chi connectivity index (χ2v) is 4.55. The molecule has 5 heteroatoms.